The van der Waals surface area contributed by atoms with Crippen LogP contribution in [0.1, 0.15) is 5.56 Å². The largest absolute Gasteiger partial charge is 0.497 e. The first-order chi connectivity index (χ1) is 13.2. The Morgan fingerprint density at radius 2 is 1.59 bits per heavy atom. The fourth-order valence-electron chi connectivity index (χ4n) is 2.33. The van der Waals surface area contributed by atoms with Crippen LogP contribution in [0.25, 0.3) is 0 Å². The average molecular weight is 360 g/mol. The minimum atomic E-state index is -0.227. The topological polar surface area (TPSA) is 59.9 Å². The lowest BCUT2D eigenvalue weighted by atomic mass is 10.2. The normalized spacial score (nSPS) is 10.6. The molecule has 3 aromatic carbocycles. The third kappa shape index (κ3) is 5.71. The van der Waals surface area contributed by atoms with Crippen molar-refractivity contribution < 1.29 is 14.3 Å². The second kappa shape index (κ2) is 9.20. The molecule has 0 atom stereocenters. The molecule has 0 heterocycles. The van der Waals surface area contributed by atoms with E-state index >= 15 is 0 Å². The van der Waals surface area contributed by atoms with Crippen molar-refractivity contribution in [3.8, 4) is 11.5 Å². The van der Waals surface area contributed by atoms with E-state index in [-0.39, 0.29) is 12.5 Å². The summed E-state index contributed by atoms with van der Waals surface area (Å²) in [5.74, 6) is 1.13. The lowest BCUT2D eigenvalue weighted by molar-refractivity contribution is -0.118. The number of ether oxygens (including phenoxy) is 2. The number of amides is 1. The molecule has 5 nitrogen and oxygen atoms in total. The first kappa shape index (κ1) is 18.2. The Labute approximate surface area is 158 Å². The van der Waals surface area contributed by atoms with Gasteiger partial charge in [0.1, 0.15) is 11.5 Å². The van der Waals surface area contributed by atoms with Crippen molar-refractivity contribution in [3.05, 3.63) is 84.4 Å². The van der Waals surface area contributed by atoms with Crippen LogP contribution in [0.3, 0.4) is 0 Å². The van der Waals surface area contributed by atoms with Crippen LogP contribution in [0.5, 0.6) is 11.5 Å². The van der Waals surface area contributed by atoms with Gasteiger partial charge in [-0.1, -0.05) is 18.2 Å². The first-order valence-electron chi connectivity index (χ1n) is 8.49. The van der Waals surface area contributed by atoms with Crippen LogP contribution >= 0.6 is 0 Å². The smallest absolute Gasteiger partial charge is 0.262 e. The second-order valence-corrected chi connectivity index (χ2v) is 5.73. The number of hydrogen-bond donors (Lipinski definition) is 1. The molecular formula is C22H20N2O3. The maximum Gasteiger partial charge on any atom is 0.262 e. The number of methoxy groups -OCH3 is 1. The summed E-state index contributed by atoms with van der Waals surface area (Å²) in [5.41, 5.74) is 2.54. The van der Waals surface area contributed by atoms with E-state index in [9.17, 15) is 4.79 Å². The maximum atomic E-state index is 12.0. The average Bonchev–Trinajstić information content (AvgIpc) is 2.73. The molecule has 0 saturated carbocycles. The Morgan fingerprint density at radius 1 is 0.926 bits per heavy atom. The number of benzene rings is 3. The Hall–Kier alpha value is -3.60. The third-order valence-electron chi connectivity index (χ3n) is 3.74. The number of anilines is 1. The number of nitrogens with one attached hydrogen (secondary N) is 1. The van der Waals surface area contributed by atoms with Crippen LogP contribution in [0.4, 0.5) is 11.4 Å². The summed E-state index contributed by atoms with van der Waals surface area (Å²) >= 11 is 0. The summed E-state index contributed by atoms with van der Waals surface area (Å²) < 4.78 is 10.6. The van der Waals surface area contributed by atoms with Crippen molar-refractivity contribution in [2.75, 3.05) is 19.0 Å². The van der Waals surface area contributed by atoms with Gasteiger partial charge < -0.3 is 14.8 Å². The molecule has 0 aliphatic carbocycles. The van der Waals surface area contributed by atoms with Crippen molar-refractivity contribution in [1.29, 1.82) is 0 Å². The second-order valence-electron chi connectivity index (χ2n) is 5.73. The van der Waals surface area contributed by atoms with Gasteiger partial charge in [0.05, 0.1) is 12.8 Å². The highest BCUT2D eigenvalue weighted by Crippen LogP contribution is 2.16. The predicted octanol–water partition coefficient (Wildman–Crippen LogP) is 4.46. The van der Waals surface area contributed by atoms with Gasteiger partial charge in [0.15, 0.2) is 6.61 Å². The Morgan fingerprint density at radius 3 is 2.26 bits per heavy atom. The van der Waals surface area contributed by atoms with E-state index in [1.807, 2.05) is 54.6 Å². The molecule has 136 valence electrons. The highest BCUT2D eigenvalue weighted by molar-refractivity contribution is 5.91. The van der Waals surface area contributed by atoms with Gasteiger partial charge in [0.2, 0.25) is 0 Å². The Bertz CT molecular complexity index is 889. The molecule has 0 aliphatic rings. The van der Waals surface area contributed by atoms with Gasteiger partial charge in [-0.2, -0.15) is 0 Å². The summed E-state index contributed by atoms with van der Waals surface area (Å²) in [6, 6.07) is 24.3. The van der Waals surface area contributed by atoms with Crippen molar-refractivity contribution >= 4 is 23.5 Å². The lowest BCUT2D eigenvalue weighted by Crippen LogP contribution is -2.20. The van der Waals surface area contributed by atoms with Crippen molar-refractivity contribution in [3.63, 3.8) is 0 Å². The lowest BCUT2D eigenvalue weighted by Gasteiger charge is -2.08. The number of para-hydroxylation sites is 1. The molecule has 5 heteroatoms. The molecule has 0 aromatic heterocycles. The number of carbonyl (C=O) groups excluding carboxylic acids is 1. The zero-order valence-electron chi connectivity index (χ0n) is 15.0. The number of carbonyl (C=O) groups is 1. The van der Waals surface area contributed by atoms with Gasteiger partial charge in [-0.3, -0.25) is 9.79 Å². The van der Waals surface area contributed by atoms with E-state index in [0.29, 0.717) is 11.4 Å². The maximum absolute atomic E-state index is 12.0. The van der Waals surface area contributed by atoms with E-state index in [2.05, 4.69) is 10.3 Å². The zero-order chi connectivity index (χ0) is 18.9. The minimum Gasteiger partial charge on any atom is -0.497 e. The fraction of sp³-hybridized carbons (Fsp3) is 0.0909. The van der Waals surface area contributed by atoms with Crippen LogP contribution < -0.4 is 14.8 Å². The van der Waals surface area contributed by atoms with Crippen molar-refractivity contribution in [1.82, 2.24) is 0 Å². The van der Waals surface area contributed by atoms with Crippen LogP contribution in [-0.2, 0) is 4.79 Å². The number of hydrogen-bond acceptors (Lipinski definition) is 4. The summed E-state index contributed by atoms with van der Waals surface area (Å²) in [6.07, 6.45) is 1.79. The van der Waals surface area contributed by atoms with E-state index in [0.717, 1.165) is 17.0 Å². The summed E-state index contributed by atoms with van der Waals surface area (Å²) in [7, 11) is 1.60. The standard InChI is InChI=1S/C22H20N2O3/c1-26-20-13-9-19(10-14-20)24-22(25)16-27-21-11-7-17(8-12-21)15-23-18-5-3-2-4-6-18/h2-15H,16H2,1H3,(H,24,25). The van der Waals surface area contributed by atoms with Crippen LogP contribution in [0, 0.1) is 0 Å². The molecule has 1 N–H and O–H groups in total. The number of rotatable bonds is 7. The molecule has 0 radical (unpaired) electrons. The predicted molar refractivity (Wildman–Crippen MR) is 107 cm³/mol. The van der Waals surface area contributed by atoms with Gasteiger partial charge in [-0.15, -0.1) is 0 Å². The van der Waals surface area contributed by atoms with Gasteiger partial charge in [0, 0.05) is 11.9 Å². The van der Waals surface area contributed by atoms with Crippen LogP contribution in [0.15, 0.2) is 83.9 Å². The fourth-order valence-corrected chi connectivity index (χ4v) is 2.33. The van der Waals surface area contributed by atoms with Crippen molar-refractivity contribution in [2.45, 2.75) is 0 Å². The SMILES string of the molecule is COc1ccc(NC(=O)COc2ccc(C=Nc3ccccc3)cc2)cc1. The van der Waals surface area contributed by atoms with E-state index in [1.165, 1.54) is 0 Å². The van der Waals surface area contributed by atoms with Gasteiger partial charge >= 0.3 is 0 Å². The quantitative estimate of drug-likeness (QED) is 0.633. The molecule has 0 bridgehead atoms. The van der Waals surface area contributed by atoms with E-state index < -0.39 is 0 Å². The van der Waals surface area contributed by atoms with E-state index in [1.54, 1.807) is 37.6 Å². The molecule has 0 aliphatic heterocycles. The molecule has 0 unspecified atom stereocenters. The molecule has 0 fully saturated rings. The summed E-state index contributed by atoms with van der Waals surface area (Å²) in [6.45, 7) is -0.0660. The molecule has 1 amide bonds. The van der Waals surface area contributed by atoms with Gasteiger partial charge in [-0.25, -0.2) is 0 Å². The minimum absolute atomic E-state index is 0.0660. The number of aliphatic imine (C=N–C) groups is 1. The molecule has 27 heavy (non-hydrogen) atoms. The number of nitrogens with zero attached hydrogens (tertiary/aromatic N) is 1. The Kier molecular flexibility index (Phi) is 6.20. The molecule has 0 saturated heterocycles. The van der Waals surface area contributed by atoms with E-state index in [4.69, 9.17) is 9.47 Å². The molecule has 0 spiro atoms. The first-order valence-corrected chi connectivity index (χ1v) is 8.49. The molecule has 3 rings (SSSR count). The van der Waals surface area contributed by atoms with Gasteiger partial charge in [0.25, 0.3) is 5.91 Å². The molecular weight excluding hydrogens is 340 g/mol. The Balaban J connectivity index is 1.49. The summed E-state index contributed by atoms with van der Waals surface area (Å²) in [5, 5.41) is 2.77. The van der Waals surface area contributed by atoms with Crippen LogP contribution in [0.2, 0.25) is 0 Å². The summed E-state index contributed by atoms with van der Waals surface area (Å²) in [4.78, 5) is 16.4. The van der Waals surface area contributed by atoms with Crippen molar-refractivity contribution in [2.24, 2.45) is 4.99 Å². The monoisotopic (exact) mass is 360 g/mol. The highest BCUT2D eigenvalue weighted by Gasteiger charge is 2.04. The van der Waals surface area contributed by atoms with Crippen LogP contribution in [-0.4, -0.2) is 25.8 Å². The molecule has 3 aromatic rings. The highest BCUT2D eigenvalue weighted by atomic mass is 16.5. The van der Waals surface area contributed by atoms with Gasteiger partial charge in [-0.05, 0) is 66.2 Å². The zero-order valence-corrected chi connectivity index (χ0v) is 15.0. The third-order valence-corrected chi connectivity index (χ3v) is 3.74.